The number of rotatable bonds is 7. The van der Waals surface area contributed by atoms with Gasteiger partial charge in [-0.05, 0) is 80.0 Å². The van der Waals surface area contributed by atoms with Crippen LogP contribution in [-0.2, 0) is 6.54 Å². The van der Waals surface area contributed by atoms with Gasteiger partial charge in [-0.2, -0.15) is 5.10 Å². The molecule has 8 nitrogen and oxygen atoms in total. The first-order valence-corrected chi connectivity index (χ1v) is 14.0. The fraction of sp³-hybridized carbons (Fsp3) is 0.400. The third-order valence-corrected chi connectivity index (χ3v) is 8.19. The van der Waals surface area contributed by atoms with E-state index in [1.165, 1.54) is 50.5 Å². The molecule has 7 rings (SSSR count). The summed E-state index contributed by atoms with van der Waals surface area (Å²) in [6, 6.07) is 10.7. The molecule has 3 N–H and O–H groups in total. The van der Waals surface area contributed by atoms with Gasteiger partial charge in [0.1, 0.15) is 11.2 Å². The highest BCUT2D eigenvalue weighted by Crippen LogP contribution is 2.32. The van der Waals surface area contributed by atoms with Crippen LogP contribution in [0.3, 0.4) is 0 Å². The number of aromatic nitrogens is 6. The van der Waals surface area contributed by atoms with Crippen molar-refractivity contribution in [3.63, 3.8) is 0 Å². The smallest absolute Gasteiger partial charge is 0.159 e. The third kappa shape index (κ3) is 4.53. The highest BCUT2D eigenvalue weighted by Gasteiger charge is 2.20. The molecule has 38 heavy (non-hydrogen) atoms. The number of hydrogen-bond donors (Lipinski definition) is 3. The summed E-state index contributed by atoms with van der Waals surface area (Å²) < 4.78 is 0. The van der Waals surface area contributed by atoms with Gasteiger partial charge in [0.05, 0.1) is 11.0 Å². The van der Waals surface area contributed by atoms with Crippen molar-refractivity contribution < 1.29 is 0 Å². The third-order valence-electron chi connectivity index (χ3n) is 8.19. The van der Waals surface area contributed by atoms with Gasteiger partial charge in [-0.3, -0.25) is 10.1 Å². The lowest BCUT2D eigenvalue weighted by Crippen LogP contribution is -2.30. The number of imidazole rings is 1. The zero-order valence-corrected chi connectivity index (χ0v) is 21.7. The van der Waals surface area contributed by atoms with E-state index in [1.807, 2.05) is 24.7 Å². The molecule has 0 atom stereocenters. The van der Waals surface area contributed by atoms with Crippen LogP contribution >= 0.6 is 0 Å². The summed E-state index contributed by atoms with van der Waals surface area (Å²) in [5, 5.41) is 12.5. The Labute approximate surface area is 222 Å². The van der Waals surface area contributed by atoms with E-state index in [1.54, 1.807) is 0 Å². The van der Waals surface area contributed by atoms with Crippen LogP contribution in [0.25, 0.3) is 44.6 Å². The highest BCUT2D eigenvalue weighted by molar-refractivity contribution is 5.97. The molecule has 8 heteroatoms. The van der Waals surface area contributed by atoms with Gasteiger partial charge >= 0.3 is 0 Å². The number of hydrogen-bond acceptors (Lipinski definition) is 6. The fourth-order valence-corrected chi connectivity index (χ4v) is 6.12. The maximum Gasteiger partial charge on any atom is 0.159 e. The van der Waals surface area contributed by atoms with Gasteiger partial charge in [0.2, 0.25) is 0 Å². The van der Waals surface area contributed by atoms with Crippen LogP contribution in [0.5, 0.6) is 0 Å². The van der Waals surface area contributed by atoms with E-state index in [9.17, 15) is 0 Å². The lowest BCUT2D eigenvalue weighted by atomic mass is 10.0. The summed E-state index contributed by atoms with van der Waals surface area (Å²) in [5.74, 6) is 2.56. The molecule has 0 radical (unpaired) electrons. The predicted octanol–water partition coefficient (Wildman–Crippen LogP) is 5.83. The van der Waals surface area contributed by atoms with Crippen molar-refractivity contribution in [1.29, 1.82) is 0 Å². The largest absolute Gasteiger partial charge is 0.355 e. The molecule has 1 aliphatic heterocycles. The second kappa shape index (κ2) is 10.2. The van der Waals surface area contributed by atoms with Crippen LogP contribution in [0.2, 0.25) is 0 Å². The fourth-order valence-electron chi connectivity index (χ4n) is 6.12. The monoisotopic (exact) mass is 506 g/mol. The van der Waals surface area contributed by atoms with Crippen molar-refractivity contribution in [2.24, 2.45) is 5.92 Å². The van der Waals surface area contributed by atoms with Crippen molar-refractivity contribution in [3.05, 3.63) is 54.5 Å². The number of fused-ring (bicyclic) bond motifs is 2. The van der Waals surface area contributed by atoms with E-state index < -0.39 is 0 Å². The first-order valence-electron chi connectivity index (χ1n) is 14.0. The predicted molar refractivity (Wildman–Crippen MR) is 152 cm³/mol. The van der Waals surface area contributed by atoms with E-state index in [2.05, 4.69) is 54.6 Å². The van der Waals surface area contributed by atoms with Crippen LogP contribution in [0, 0.1) is 5.92 Å². The number of piperidine rings is 1. The lowest BCUT2D eigenvalue weighted by molar-refractivity contribution is 0.489. The molecular formula is C30H34N8. The first kappa shape index (κ1) is 23.3. The topological polar surface area (TPSA) is 98.4 Å². The number of H-pyrrole nitrogens is 2. The molecule has 0 amide bonds. The molecule has 1 aromatic carbocycles. The first-order chi connectivity index (χ1) is 18.8. The Kier molecular flexibility index (Phi) is 6.25. The molecule has 2 fully saturated rings. The Bertz CT molecular complexity index is 1560. The Hall–Kier alpha value is -3.78. The number of anilines is 1. The number of aromatic amines is 2. The second-order valence-corrected chi connectivity index (χ2v) is 10.9. The zero-order chi connectivity index (χ0) is 25.3. The summed E-state index contributed by atoms with van der Waals surface area (Å²) in [6.45, 7) is 4.02. The van der Waals surface area contributed by atoms with Gasteiger partial charge in [0.25, 0.3) is 0 Å². The Morgan fingerprint density at radius 1 is 0.921 bits per heavy atom. The van der Waals surface area contributed by atoms with Crippen molar-refractivity contribution in [2.75, 3.05) is 24.5 Å². The van der Waals surface area contributed by atoms with E-state index in [4.69, 9.17) is 9.97 Å². The Morgan fingerprint density at radius 3 is 2.71 bits per heavy atom. The molecule has 5 aromatic rings. The van der Waals surface area contributed by atoms with Crippen LogP contribution < -0.4 is 10.2 Å². The molecule has 2 aliphatic rings. The number of benzene rings is 1. The van der Waals surface area contributed by atoms with Gasteiger partial charge < -0.3 is 15.2 Å². The van der Waals surface area contributed by atoms with Gasteiger partial charge in [0.15, 0.2) is 11.6 Å². The Morgan fingerprint density at radius 2 is 1.82 bits per heavy atom. The van der Waals surface area contributed by atoms with Crippen LogP contribution in [0.1, 0.15) is 50.5 Å². The minimum Gasteiger partial charge on any atom is -0.355 e. The second-order valence-electron chi connectivity index (χ2n) is 10.9. The quantitative estimate of drug-likeness (QED) is 0.257. The number of nitrogens with zero attached hydrogens (tertiary/aromatic N) is 5. The highest BCUT2D eigenvalue weighted by atomic mass is 15.2. The molecular weight excluding hydrogens is 472 g/mol. The zero-order valence-electron chi connectivity index (χ0n) is 21.7. The molecule has 0 bridgehead atoms. The maximum absolute atomic E-state index is 5.00. The maximum atomic E-state index is 5.00. The van der Waals surface area contributed by atoms with Gasteiger partial charge in [-0.15, -0.1) is 0 Å². The average Bonchev–Trinajstić information content (AvgIpc) is 3.73. The summed E-state index contributed by atoms with van der Waals surface area (Å²) >= 11 is 0. The van der Waals surface area contributed by atoms with Crippen LogP contribution in [0.4, 0.5) is 5.82 Å². The van der Waals surface area contributed by atoms with E-state index >= 15 is 0 Å². The molecule has 0 spiro atoms. The molecule has 0 unspecified atom stereocenters. The SMILES string of the molecule is c1cc2[nH]c(-c3n[nH]c4ccc(-c5cncc(CNCC6CCCC6)c5)cc34)nc2c(N2CCCCC2)n1. The molecule has 1 aliphatic carbocycles. The van der Waals surface area contributed by atoms with E-state index in [0.29, 0.717) is 0 Å². The minimum atomic E-state index is 0.762. The average molecular weight is 507 g/mol. The summed E-state index contributed by atoms with van der Waals surface area (Å²) in [5.41, 5.74) is 7.16. The lowest BCUT2D eigenvalue weighted by Gasteiger charge is -2.27. The molecule has 5 heterocycles. The van der Waals surface area contributed by atoms with Crippen molar-refractivity contribution in [2.45, 2.75) is 51.5 Å². The van der Waals surface area contributed by atoms with Crippen LogP contribution in [0.15, 0.2) is 48.9 Å². The van der Waals surface area contributed by atoms with Crippen molar-refractivity contribution in [1.82, 2.24) is 35.5 Å². The van der Waals surface area contributed by atoms with Gasteiger partial charge in [-0.25, -0.2) is 9.97 Å². The van der Waals surface area contributed by atoms with Gasteiger partial charge in [0, 0.05) is 49.2 Å². The molecule has 194 valence electrons. The van der Waals surface area contributed by atoms with Gasteiger partial charge in [-0.1, -0.05) is 18.9 Å². The minimum absolute atomic E-state index is 0.762. The van der Waals surface area contributed by atoms with Crippen molar-refractivity contribution >= 4 is 27.8 Å². The Balaban J connectivity index is 1.18. The van der Waals surface area contributed by atoms with E-state index in [-0.39, 0.29) is 0 Å². The molecule has 4 aromatic heterocycles. The van der Waals surface area contributed by atoms with Crippen molar-refractivity contribution in [3.8, 4) is 22.6 Å². The normalized spacial score (nSPS) is 16.7. The molecule has 1 saturated carbocycles. The van der Waals surface area contributed by atoms with E-state index in [0.717, 1.165) is 82.5 Å². The summed E-state index contributed by atoms with van der Waals surface area (Å²) in [7, 11) is 0. The summed E-state index contributed by atoms with van der Waals surface area (Å²) in [4.78, 5) is 20.1. The summed E-state index contributed by atoms with van der Waals surface area (Å²) in [6.07, 6.45) is 15.0. The molecule has 1 saturated heterocycles. The van der Waals surface area contributed by atoms with Crippen LogP contribution in [-0.4, -0.2) is 49.8 Å². The number of pyridine rings is 2. The number of nitrogens with one attached hydrogen (secondary N) is 3. The standard InChI is InChI=1S/C30H34N8/c1-4-12-38(13-5-1)30-28-26(10-11-33-30)34-29(35-28)27-24-15-22(8-9-25(24)36-37-27)23-14-21(18-32-19-23)17-31-16-20-6-2-3-7-20/h8-11,14-15,18-20,31H,1-7,12-13,16-17H2,(H,34,35)(H,36,37).